The third kappa shape index (κ3) is 1.80. The van der Waals surface area contributed by atoms with Crippen molar-refractivity contribution in [3.05, 3.63) is 60.0 Å². The molecule has 0 spiro atoms. The summed E-state index contributed by atoms with van der Waals surface area (Å²) >= 11 is 0. The van der Waals surface area contributed by atoms with Crippen LogP contribution in [0.3, 0.4) is 0 Å². The Bertz CT molecular complexity index is 444. The van der Waals surface area contributed by atoms with Crippen LogP contribution in [0, 0.1) is 5.41 Å². The normalized spacial score (nSPS) is 16.0. The number of allylic oxidation sites excluding steroid dienone is 2. The highest BCUT2D eigenvalue weighted by Gasteiger charge is 2.24. The molecular formula is C15H16. The minimum atomic E-state index is 0.118. The van der Waals surface area contributed by atoms with Crippen LogP contribution in [-0.2, 0) is 0 Å². The van der Waals surface area contributed by atoms with Crippen LogP contribution in [0.25, 0.3) is 12.2 Å². The highest BCUT2D eigenvalue weighted by molar-refractivity contribution is 5.57. The molecule has 1 aromatic rings. The fraction of sp³-hybridized carbons (Fsp3) is 0.200. The Hall–Kier alpha value is -1.56. The predicted molar refractivity (Wildman–Crippen MR) is 66.7 cm³/mol. The van der Waals surface area contributed by atoms with Crippen LogP contribution in [0.1, 0.15) is 12.8 Å². The van der Waals surface area contributed by atoms with E-state index in [1.807, 2.05) is 12.2 Å². The summed E-state index contributed by atoms with van der Waals surface area (Å²) in [5.74, 6) is 0. The van der Waals surface area contributed by atoms with Gasteiger partial charge >= 0.3 is 0 Å². The first-order valence-electron chi connectivity index (χ1n) is 5.32. The van der Waals surface area contributed by atoms with E-state index >= 15 is 0 Å². The average Bonchev–Trinajstić information content (AvgIpc) is 2.56. The Balaban J connectivity index is 2.52. The second-order valence-corrected chi connectivity index (χ2v) is 4.14. The maximum atomic E-state index is 3.84. The Morgan fingerprint density at radius 3 is 1.80 bits per heavy atom. The highest BCUT2D eigenvalue weighted by atomic mass is 14.3. The minimum absolute atomic E-state index is 0.118. The molecule has 0 aromatic heterocycles. The average molecular weight is 196 g/mol. The molecule has 0 nitrogen and oxygen atoms in total. The molecule has 1 aliphatic carbocycles. The van der Waals surface area contributed by atoms with Crippen molar-refractivity contribution < 1.29 is 0 Å². The van der Waals surface area contributed by atoms with Gasteiger partial charge in [-0.3, -0.25) is 0 Å². The third-order valence-electron chi connectivity index (χ3n) is 2.93. The van der Waals surface area contributed by atoms with E-state index in [2.05, 4.69) is 49.6 Å². The molecule has 0 N–H and O–H groups in total. The van der Waals surface area contributed by atoms with Gasteiger partial charge in [0.2, 0.25) is 0 Å². The first kappa shape index (κ1) is 9.97. The fourth-order valence-corrected chi connectivity index (χ4v) is 2.29. The van der Waals surface area contributed by atoms with E-state index in [4.69, 9.17) is 0 Å². The molecule has 0 amide bonds. The van der Waals surface area contributed by atoms with Crippen LogP contribution >= 0.6 is 0 Å². The summed E-state index contributed by atoms with van der Waals surface area (Å²) in [6.07, 6.45) is 10.6. The fourth-order valence-electron chi connectivity index (χ4n) is 2.29. The van der Waals surface area contributed by atoms with Crippen molar-refractivity contribution in [2.24, 2.45) is 5.41 Å². The number of fused-ring (bicyclic) bond motifs is 1. The van der Waals surface area contributed by atoms with Gasteiger partial charge in [-0.1, -0.05) is 48.6 Å². The largest absolute Gasteiger partial charge is 0.103 e. The van der Waals surface area contributed by atoms with Crippen LogP contribution in [0.4, 0.5) is 0 Å². The lowest BCUT2D eigenvalue weighted by Gasteiger charge is -2.21. The van der Waals surface area contributed by atoms with Crippen LogP contribution in [0.5, 0.6) is 0 Å². The second kappa shape index (κ2) is 3.90. The van der Waals surface area contributed by atoms with E-state index in [0.717, 1.165) is 12.8 Å². The van der Waals surface area contributed by atoms with E-state index in [9.17, 15) is 0 Å². The molecule has 0 saturated carbocycles. The second-order valence-electron chi connectivity index (χ2n) is 4.14. The monoisotopic (exact) mass is 196 g/mol. The Kier molecular flexibility index (Phi) is 2.59. The number of rotatable bonds is 4. The number of benzene rings is 1. The lowest BCUT2D eigenvalue weighted by atomic mass is 9.82. The van der Waals surface area contributed by atoms with Gasteiger partial charge < -0.3 is 0 Å². The summed E-state index contributed by atoms with van der Waals surface area (Å²) in [7, 11) is 0. The minimum Gasteiger partial charge on any atom is -0.103 e. The van der Waals surface area contributed by atoms with Crippen molar-refractivity contribution >= 4 is 12.2 Å². The van der Waals surface area contributed by atoms with E-state index in [1.165, 1.54) is 10.4 Å². The molecule has 2 rings (SSSR count). The summed E-state index contributed by atoms with van der Waals surface area (Å²) in [6.45, 7) is 7.68. The lowest BCUT2D eigenvalue weighted by Crippen LogP contribution is -2.19. The van der Waals surface area contributed by atoms with Gasteiger partial charge in [-0.05, 0) is 23.3 Å². The third-order valence-corrected chi connectivity index (χ3v) is 2.93. The van der Waals surface area contributed by atoms with Gasteiger partial charge in [0.25, 0.3) is 0 Å². The quantitative estimate of drug-likeness (QED) is 0.649. The molecule has 0 bridgehead atoms. The lowest BCUT2D eigenvalue weighted by molar-refractivity contribution is 0.586. The molecule has 0 heterocycles. The molecular weight excluding hydrogens is 180 g/mol. The molecule has 0 aliphatic heterocycles. The van der Waals surface area contributed by atoms with E-state index in [1.54, 1.807) is 0 Å². The van der Waals surface area contributed by atoms with Crippen LogP contribution in [0.15, 0.2) is 49.6 Å². The van der Waals surface area contributed by atoms with Crippen molar-refractivity contribution in [3.63, 3.8) is 0 Å². The Labute approximate surface area is 91.0 Å². The SMILES string of the molecule is C=CCC1(CC=C)C=c2ccccc2=C1. The molecule has 0 unspecified atom stereocenters. The van der Waals surface area contributed by atoms with Crippen molar-refractivity contribution in [2.45, 2.75) is 12.8 Å². The molecule has 1 aromatic carbocycles. The first-order chi connectivity index (χ1) is 7.29. The number of hydrogen-bond donors (Lipinski definition) is 0. The number of hydrogen-bond acceptors (Lipinski definition) is 0. The summed E-state index contributed by atoms with van der Waals surface area (Å²) in [5.41, 5.74) is 0.118. The molecule has 0 radical (unpaired) electrons. The molecule has 0 fully saturated rings. The van der Waals surface area contributed by atoms with Gasteiger partial charge in [-0.2, -0.15) is 0 Å². The molecule has 1 aliphatic rings. The van der Waals surface area contributed by atoms with Gasteiger partial charge in [-0.25, -0.2) is 0 Å². The standard InChI is InChI=1S/C15H16/c1-3-9-15(10-4-2)11-13-7-5-6-8-14(13)12-15/h3-8,11-12H,1-2,9-10H2. The molecule has 15 heavy (non-hydrogen) atoms. The maximum absolute atomic E-state index is 3.84. The van der Waals surface area contributed by atoms with Crippen LogP contribution < -0.4 is 10.4 Å². The summed E-state index contributed by atoms with van der Waals surface area (Å²) < 4.78 is 0. The van der Waals surface area contributed by atoms with Crippen molar-refractivity contribution in [3.8, 4) is 0 Å². The van der Waals surface area contributed by atoms with Crippen LogP contribution in [0.2, 0.25) is 0 Å². The van der Waals surface area contributed by atoms with Crippen LogP contribution in [-0.4, -0.2) is 0 Å². The topological polar surface area (TPSA) is 0 Å². The van der Waals surface area contributed by atoms with Crippen molar-refractivity contribution in [2.75, 3.05) is 0 Å². The first-order valence-corrected chi connectivity index (χ1v) is 5.32. The summed E-state index contributed by atoms with van der Waals surface area (Å²) in [4.78, 5) is 0. The zero-order chi connectivity index (χ0) is 10.7. The zero-order valence-electron chi connectivity index (χ0n) is 8.95. The maximum Gasteiger partial charge on any atom is 0.0148 e. The van der Waals surface area contributed by atoms with Gasteiger partial charge in [0, 0.05) is 5.41 Å². The van der Waals surface area contributed by atoms with Gasteiger partial charge in [0.05, 0.1) is 0 Å². The Morgan fingerprint density at radius 2 is 1.40 bits per heavy atom. The zero-order valence-corrected chi connectivity index (χ0v) is 8.95. The van der Waals surface area contributed by atoms with E-state index in [-0.39, 0.29) is 5.41 Å². The van der Waals surface area contributed by atoms with E-state index < -0.39 is 0 Å². The van der Waals surface area contributed by atoms with Gasteiger partial charge in [-0.15, -0.1) is 13.2 Å². The summed E-state index contributed by atoms with van der Waals surface area (Å²) in [5, 5.41) is 2.67. The molecule has 76 valence electrons. The molecule has 0 heteroatoms. The van der Waals surface area contributed by atoms with Gasteiger partial charge in [0.1, 0.15) is 0 Å². The van der Waals surface area contributed by atoms with E-state index in [0.29, 0.717) is 0 Å². The van der Waals surface area contributed by atoms with Crippen molar-refractivity contribution in [1.82, 2.24) is 0 Å². The molecule has 0 saturated heterocycles. The van der Waals surface area contributed by atoms with Gasteiger partial charge in [0.15, 0.2) is 0 Å². The smallest absolute Gasteiger partial charge is 0.0148 e. The highest BCUT2D eigenvalue weighted by Crippen LogP contribution is 2.33. The predicted octanol–water partition coefficient (Wildman–Crippen LogP) is 2.40. The van der Waals surface area contributed by atoms with Crippen molar-refractivity contribution in [1.29, 1.82) is 0 Å². The Morgan fingerprint density at radius 1 is 0.933 bits per heavy atom. The summed E-state index contributed by atoms with van der Waals surface area (Å²) in [6, 6.07) is 8.50. The molecule has 0 atom stereocenters.